The van der Waals surface area contributed by atoms with Crippen LogP contribution < -0.4 is 9.47 Å². The van der Waals surface area contributed by atoms with Crippen LogP contribution in [0.2, 0.25) is 0 Å². The molecule has 0 saturated heterocycles. The molecule has 0 aromatic heterocycles. The van der Waals surface area contributed by atoms with Crippen molar-refractivity contribution in [2.75, 3.05) is 0 Å². The number of nitro groups is 1. The molecule has 30 heavy (non-hydrogen) atoms. The van der Waals surface area contributed by atoms with Gasteiger partial charge in [0, 0.05) is 28.8 Å². The van der Waals surface area contributed by atoms with Gasteiger partial charge in [-0.1, -0.05) is 13.2 Å². The second-order valence-corrected chi connectivity index (χ2v) is 8.87. The minimum Gasteiger partial charge on any atom is -0.423 e. The molecule has 0 radical (unpaired) electrons. The smallest absolute Gasteiger partial charge is 0.335 e. The van der Waals surface area contributed by atoms with Gasteiger partial charge in [-0.2, -0.15) is 0 Å². The molecular formula is C18H10Br5NO6. The van der Waals surface area contributed by atoms with Gasteiger partial charge in [0.05, 0.1) is 22.8 Å². The molecule has 0 atom stereocenters. The number of nitro benzene ring substituents is 1. The molecule has 0 unspecified atom stereocenters. The van der Waals surface area contributed by atoms with Crippen molar-refractivity contribution in [2.24, 2.45) is 0 Å². The van der Waals surface area contributed by atoms with E-state index >= 15 is 0 Å². The summed E-state index contributed by atoms with van der Waals surface area (Å²) in [7, 11) is 0. The van der Waals surface area contributed by atoms with E-state index in [0.29, 0.717) is 14.7 Å². The van der Waals surface area contributed by atoms with Gasteiger partial charge in [-0.15, -0.1) is 0 Å². The summed E-state index contributed by atoms with van der Waals surface area (Å²) < 4.78 is 13.4. The van der Waals surface area contributed by atoms with Crippen LogP contribution in [-0.2, 0) is 9.59 Å². The van der Waals surface area contributed by atoms with E-state index in [1.807, 2.05) is 0 Å². The van der Waals surface area contributed by atoms with Gasteiger partial charge in [0.1, 0.15) is 5.75 Å². The molecule has 0 spiro atoms. The first kappa shape index (κ1) is 26.7. The van der Waals surface area contributed by atoms with Gasteiger partial charge >= 0.3 is 11.9 Å². The fourth-order valence-electron chi connectivity index (χ4n) is 1.61. The Balaban J connectivity index is 0.000000303. The van der Waals surface area contributed by atoms with Crippen LogP contribution >= 0.6 is 79.6 Å². The number of nitrogens with zero attached hydrogens (tertiary/aromatic N) is 1. The summed E-state index contributed by atoms with van der Waals surface area (Å²) in [5.41, 5.74) is -0.0524. The lowest BCUT2D eigenvalue weighted by molar-refractivity contribution is -0.384. The lowest BCUT2D eigenvalue weighted by Crippen LogP contribution is -2.05. The van der Waals surface area contributed by atoms with Crippen molar-refractivity contribution >= 4 is 97.3 Å². The van der Waals surface area contributed by atoms with Crippen molar-refractivity contribution < 1.29 is 24.0 Å². The SMILES string of the molecule is C=CC(=O)Oc1c(Br)c(Br)c(Br)c(Br)c1Br.C=CC(=O)Oc1ccc([N+](=O)[O-])cc1. The van der Waals surface area contributed by atoms with Crippen LogP contribution in [0.1, 0.15) is 0 Å². The average Bonchev–Trinajstić information content (AvgIpc) is 2.74. The molecule has 0 saturated carbocycles. The Kier molecular flexibility index (Phi) is 11.1. The molecule has 158 valence electrons. The first-order valence-electron chi connectivity index (χ1n) is 7.47. The van der Waals surface area contributed by atoms with Gasteiger partial charge in [-0.3, -0.25) is 10.1 Å². The molecule has 2 aromatic rings. The predicted octanol–water partition coefficient (Wildman–Crippen LogP) is 7.28. The second kappa shape index (κ2) is 12.5. The van der Waals surface area contributed by atoms with Crippen molar-refractivity contribution in [1.29, 1.82) is 0 Å². The van der Waals surface area contributed by atoms with E-state index in [4.69, 9.17) is 9.47 Å². The molecule has 0 N–H and O–H groups in total. The number of halogens is 5. The number of non-ortho nitro benzene ring substituents is 1. The highest BCUT2D eigenvalue weighted by atomic mass is 79.9. The summed E-state index contributed by atoms with van der Waals surface area (Å²) in [6, 6.07) is 5.20. The van der Waals surface area contributed by atoms with Crippen LogP contribution in [0.15, 0.2) is 71.9 Å². The largest absolute Gasteiger partial charge is 0.423 e. The molecule has 0 aliphatic carbocycles. The predicted molar refractivity (Wildman–Crippen MR) is 130 cm³/mol. The number of esters is 2. The highest BCUT2D eigenvalue weighted by Gasteiger charge is 2.20. The zero-order chi connectivity index (χ0) is 23.0. The standard InChI is InChI=1S/C9H3Br5O2.C9H7NO4/c1-2-3(15)16-9-7(13)5(11)4(10)6(12)8(9)14;1-2-9(11)14-8-5-3-7(4-6-8)10(12)13/h2H,1H2;2-6H,1H2. The van der Waals surface area contributed by atoms with Crippen molar-refractivity contribution in [1.82, 2.24) is 0 Å². The summed E-state index contributed by atoms with van der Waals surface area (Å²) in [6.45, 7) is 6.56. The Morgan fingerprint density at radius 1 is 0.800 bits per heavy atom. The Hall–Kier alpha value is -1.34. The Morgan fingerprint density at radius 3 is 1.60 bits per heavy atom. The van der Waals surface area contributed by atoms with Crippen molar-refractivity contribution in [3.05, 3.63) is 82.1 Å². The van der Waals surface area contributed by atoms with E-state index in [0.717, 1.165) is 25.6 Å². The Morgan fingerprint density at radius 2 is 1.20 bits per heavy atom. The number of rotatable bonds is 5. The number of benzene rings is 2. The maximum absolute atomic E-state index is 11.2. The topological polar surface area (TPSA) is 95.7 Å². The van der Waals surface area contributed by atoms with Crippen LogP contribution in [0.4, 0.5) is 5.69 Å². The summed E-state index contributed by atoms with van der Waals surface area (Å²) >= 11 is 16.8. The lowest BCUT2D eigenvalue weighted by atomic mass is 10.3. The highest BCUT2D eigenvalue weighted by Crippen LogP contribution is 2.48. The van der Waals surface area contributed by atoms with Gasteiger partial charge in [0.25, 0.3) is 5.69 Å². The molecule has 0 heterocycles. The van der Waals surface area contributed by atoms with Crippen molar-refractivity contribution in [2.45, 2.75) is 0 Å². The first-order valence-corrected chi connectivity index (χ1v) is 11.4. The normalized spacial score (nSPS) is 9.63. The molecule has 12 heteroatoms. The molecular weight excluding hydrogens is 726 g/mol. The fraction of sp³-hybridized carbons (Fsp3) is 0. The molecule has 0 aliphatic heterocycles. The number of hydrogen-bond acceptors (Lipinski definition) is 6. The van der Waals surface area contributed by atoms with E-state index in [1.54, 1.807) is 0 Å². The maximum atomic E-state index is 11.2. The first-order chi connectivity index (χ1) is 14.0. The van der Waals surface area contributed by atoms with Crippen LogP contribution in [0.3, 0.4) is 0 Å². The third-order valence-corrected chi connectivity index (χ3v) is 8.99. The third kappa shape index (κ3) is 7.41. The molecule has 2 aromatic carbocycles. The van der Waals surface area contributed by atoms with Gasteiger partial charge in [-0.25, -0.2) is 9.59 Å². The number of hydrogen-bond donors (Lipinski definition) is 0. The molecule has 0 fully saturated rings. The minimum absolute atomic E-state index is 0.0524. The molecule has 0 bridgehead atoms. The van der Waals surface area contributed by atoms with E-state index in [-0.39, 0.29) is 11.4 Å². The minimum atomic E-state index is -0.598. The molecule has 0 aliphatic rings. The van der Waals surface area contributed by atoms with Gasteiger partial charge in [-0.05, 0) is 91.8 Å². The van der Waals surface area contributed by atoms with Gasteiger partial charge in [0.15, 0.2) is 5.75 Å². The highest BCUT2D eigenvalue weighted by molar-refractivity contribution is 9.15. The Bertz CT molecular complexity index is 978. The van der Waals surface area contributed by atoms with E-state index in [9.17, 15) is 19.7 Å². The molecule has 2 rings (SSSR count). The average molecular weight is 736 g/mol. The lowest BCUT2D eigenvalue weighted by Gasteiger charge is -2.12. The zero-order valence-electron chi connectivity index (χ0n) is 14.7. The van der Waals surface area contributed by atoms with Crippen LogP contribution in [0, 0.1) is 10.1 Å². The van der Waals surface area contributed by atoms with E-state index in [1.165, 1.54) is 24.3 Å². The molecule has 7 nitrogen and oxygen atoms in total. The molecule has 0 amide bonds. The monoisotopic (exact) mass is 731 g/mol. The fourth-order valence-corrected chi connectivity index (χ4v) is 4.78. The summed E-state index contributed by atoms with van der Waals surface area (Å²) in [6.07, 6.45) is 2.12. The van der Waals surface area contributed by atoms with Crippen LogP contribution in [0.25, 0.3) is 0 Å². The summed E-state index contributed by atoms with van der Waals surface area (Å²) in [5, 5.41) is 10.3. The summed E-state index contributed by atoms with van der Waals surface area (Å²) in [5.74, 6) is -0.492. The van der Waals surface area contributed by atoms with Crippen molar-refractivity contribution in [3.8, 4) is 11.5 Å². The third-order valence-electron chi connectivity index (χ3n) is 2.97. The van der Waals surface area contributed by atoms with Crippen LogP contribution in [0.5, 0.6) is 11.5 Å². The van der Waals surface area contributed by atoms with Gasteiger partial charge in [0.2, 0.25) is 0 Å². The number of carbonyl (C=O) groups is 2. The van der Waals surface area contributed by atoms with E-state index in [2.05, 4.69) is 92.8 Å². The number of ether oxygens (including phenoxy) is 2. The maximum Gasteiger partial charge on any atom is 0.335 e. The van der Waals surface area contributed by atoms with Crippen molar-refractivity contribution in [3.63, 3.8) is 0 Å². The quantitative estimate of drug-likeness (QED) is 0.0610. The van der Waals surface area contributed by atoms with Crippen LogP contribution in [-0.4, -0.2) is 16.9 Å². The second-order valence-electron chi connectivity index (χ2n) is 4.90. The van der Waals surface area contributed by atoms with Gasteiger partial charge < -0.3 is 9.47 Å². The number of carbonyl (C=O) groups excluding carboxylic acids is 2. The van der Waals surface area contributed by atoms with E-state index < -0.39 is 16.9 Å². The Labute approximate surface area is 213 Å². The summed E-state index contributed by atoms with van der Waals surface area (Å²) in [4.78, 5) is 31.6. The zero-order valence-corrected chi connectivity index (χ0v) is 22.6.